The van der Waals surface area contributed by atoms with E-state index in [1.54, 1.807) is 0 Å². The summed E-state index contributed by atoms with van der Waals surface area (Å²) >= 11 is 0. The molecule has 0 saturated heterocycles. The zero-order valence-corrected chi connectivity index (χ0v) is 9.08. The fourth-order valence-corrected chi connectivity index (χ4v) is 1.52. The minimum absolute atomic E-state index is 0.307. The molecule has 80 valence electrons. The Bertz CT molecular complexity index is 249. The van der Waals surface area contributed by atoms with Crippen LogP contribution in [0.2, 0.25) is 0 Å². The Morgan fingerprint density at radius 3 is 2.36 bits per heavy atom. The number of unbranched alkanes of at least 4 members (excludes halogenated alkanes) is 2. The summed E-state index contributed by atoms with van der Waals surface area (Å²) < 4.78 is 2.11. The maximum Gasteiger partial charge on any atom is 0.0431 e. The van der Waals surface area contributed by atoms with Gasteiger partial charge >= 0.3 is 0 Å². The van der Waals surface area contributed by atoms with E-state index in [2.05, 4.69) is 36.1 Å². The zero-order chi connectivity index (χ0) is 10.4. The van der Waals surface area contributed by atoms with Crippen molar-refractivity contribution in [3.05, 3.63) is 23.5 Å². The van der Waals surface area contributed by atoms with Crippen LogP contribution in [0.4, 0.5) is 0 Å². The van der Waals surface area contributed by atoms with Crippen LogP contribution >= 0.6 is 0 Å². The van der Waals surface area contributed by atoms with Gasteiger partial charge in [-0.05, 0) is 45.2 Å². The molecule has 0 bridgehead atoms. The molecule has 2 N–H and O–H groups in total. The zero-order valence-electron chi connectivity index (χ0n) is 9.08. The molecule has 0 aromatic carbocycles. The van der Waals surface area contributed by atoms with Crippen molar-refractivity contribution in [2.75, 3.05) is 18.6 Å². The summed E-state index contributed by atoms with van der Waals surface area (Å²) in [7, 11) is 0. The van der Waals surface area contributed by atoms with Gasteiger partial charge in [-0.25, -0.2) is 0 Å². The molecular formula is C11H20N2O. The highest BCUT2D eigenvalue weighted by Gasteiger charge is 1.98. The molecule has 3 nitrogen and oxygen atoms in total. The van der Waals surface area contributed by atoms with Gasteiger partial charge in [0.05, 0.1) is 0 Å². The number of nitrogens with zero attached hydrogens (tertiary/aromatic N) is 1. The second-order valence-corrected chi connectivity index (χ2v) is 3.64. The fraction of sp³-hybridized carbons (Fsp3) is 0.636. The summed E-state index contributed by atoms with van der Waals surface area (Å²) in [6.07, 6.45) is 3.10. The number of aromatic nitrogens is 1. The smallest absolute Gasteiger partial charge is 0.0431 e. The average Bonchev–Trinajstić information content (AvgIpc) is 2.48. The van der Waals surface area contributed by atoms with Gasteiger partial charge < -0.3 is 10.5 Å². The van der Waals surface area contributed by atoms with Crippen molar-refractivity contribution >= 4 is 0 Å². The van der Waals surface area contributed by atoms with E-state index >= 15 is 0 Å². The fourth-order valence-electron chi connectivity index (χ4n) is 1.52. The Morgan fingerprint density at radius 2 is 1.79 bits per heavy atom. The van der Waals surface area contributed by atoms with Gasteiger partial charge in [-0.3, -0.25) is 4.68 Å². The predicted molar refractivity (Wildman–Crippen MR) is 59.1 cm³/mol. The molecule has 14 heavy (non-hydrogen) atoms. The van der Waals surface area contributed by atoms with Crippen LogP contribution in [-0.4, -0.2) is 22.9 Å². The van der Waals surface area contributed by atoms with E-state index in [9.17, 15) is 0 Å². The van der Waals surface area contributed by atoms with Gasteiger partial charge in [0.15, 0.2) is 0 Å². The normalized spacial score (nSPS) is 10.5. The molecule has 0 amide bonds. The summed E-state index contributed by atoms with van der Waals surface area (Å²) in [5.41, 5.74) is 5.84. The molecule has 1 aromatic heterocycles. The highest BCUT2D eigenvalue weighted by molar-refractivity contribution is 5.15. The van der Waals surface area contributed by atoms with Crippen LogP contribution in [0.1, 0.15) is 30.7 Å². The molecule has 0 aliphatic carbocycles. The number of hydrogen-bond donors (Lipinski definition) is 2. The second kappa shape index (κ2) is 5.70. The van der Waals surface area contributed by atoms with Crippen LogP contribution in [-0.2, 0) is 0 Å². The Balaban J connectivity index is 2.24. The lowest BCUT2D eigenvalue weighted by atomic mass is 10.2. The second-order valence-electron chi connectivity index (χ2n) is 3.64. The quantitative estimate of drug-likeness (QED) is 0.681. The van der Waals surface area contributed by atoms with Crippen LogP contribution in [0.25, 0.3) is 0 Å². The molecule has 3 heteroatoms. The standard InChI is InChI=1S/C11H20N2O/c1-10-6-7-11(2)13(10)12-8-4-3-5-9-14/h6-7,12,14H,3-5,8-9H2,1-2H3. The molecule has 1 aromatic rings. The highest BCUT2D eigenvalue weighted by atomic mass is 16.2. The number of aliphatic hydroxyl groups excluding tert-OH is 1. The molecule has 0 atom stereocenters. The van der Waals surface area contributed by atoms with Crippen LogP contribution in [0.5, 0.6) is 0 Å². The topological polar surface area (TPSA) is 37.2 Å². The SMILES string of the molecule is Cc1ccc(C)n1NCCCCCO. The largest absolute Gasteiger partial charge is 0.396 e. The predicted octanol–water partition coefficient (Wildman–Crippen LogP) is 1.81. The van der Waals surface area contributed by atoms with Crippen molar-refractivity contribution in [1.29, 1.82) is 0 Å². The summed E-state index contributed by atoms with van der Waals surface area (Å²) in [5, 5.41) is 8.61. The Morgan fingerprint density at radius 1 is 1.14 bits per heavy atom. The summed E-state index contributed by atoms with van der Waals surface area (Å²) in [6, 6.07) is 4.21. The van der Waals surface area contributed by atoms with E-state index in [1.807, 2.05) is 0 Å². The van der Waals surface area contributed by atoms with Gasteiger partial charge in [-0.15, -0.1) is 0 Å². The van der Waals surface area contributed by atoms with Crippen molar-refractivity contribution in [3.8, 4) is 0 Å². The molecule has 1 heterocycles. The van der Waals surface area contributed by atoms with Crippen LogP contribution in [0.15, 0.2) is 12.1 Å². The van der Waals surface area contributed by atoms with E-state index in [0.717, 1.165) is 25.8 Å². The van der Waals surface area contributed by atoms with Crippen LogP contribution in [0.3, 0.4) is 0 Å². The van der Waals surface area contributed by atoms with Crippen molar-refractivity contribution in [2.24, 2.45) is 0 Å². The average molecular weight is 196 g/mol. The monoisotopic (exact) mass is 196 g/mol. The Kier molecular flexibility index (Phi) is 4.53. The third-order valence-corrected chi connectivity index (χ3v) is 2.38. The number of nitrogens with one attached hydrogen (secondary N) is 1. The van der Waals surface area contributed by atoms with Crippen molar-refractivity contribution in [2.45, 2.75) is 33.1 Å². The maximum absolute atomic E-state index is 8.61. The lowest BCUT2D eigenvalue weighted by Gasteiger charge is -2.12. The summed E-state index contributed by atoms with van der Waals surface area (Å²) in [4.78, 5) is 0. The third-order valence-electron chi connectivity index (χ3n) is 2.38. The summed E-state index contributed by atoms with van der Waals surface area (Å²) in [5.74, 6) is 0. The molecular weight excluding hydrogens is 176 g/mol. The van der Waals surface area contributed by atoms with Crippen molar-refractivity contribution in [1.82, 2.24) is 4.68 Å². The maximum atomic E-state index is 8.61. The van der Waals surface area contributed by atoms with Gasteiger partial charge in [0.25, 0.3) is 0 Å². The van der Waals surface area contributed by atoms with Crippen LogP contribution < -0.4 is 5.43 Å². The molecule has 1 rings (SSSR count). The van der Waals surface area contributed by atoms with E-state index in [1.165, 1.54) is 11.4 Å². The molecule has 0 aliphatic rings. The first-order chi connectivity index (χ1) is 6.75. The molecule has 0 aliphatic heterocycles. The minimum Gasteiger partial charge on any atom is -0.396 e. The third kappa shape index (κ3) is 3.07. The van der Waals surface area contributed by atoms with Gasteiger partial charge in [-0.2, -0.15) is 0 Å². The Labute approximate surface area is 85.7 Å². The van der Waals surface area contributed by atoms with E-state index in [4.69, 9.17) is 5.11 Å². The minimum atomic E-state index is 0.307. The molecule has 0 saturated carbocycles. The first-order valence-electron chi connectivity index (χ1n) is 5.25. The van der Waals surface area contributed by atoms with Crippen molar-refractivity contribution < 1.29 is 5.11 Å². The molecule has 0 radical (unpaired) electrons. The first-order valence-corrected chi connectivity index (χ1v) is 5.25. The number of hydrogen-bond acceptors (Lipinski definition) is 2. The van der Waals surface area contributed by atoms with Gasteiger partial charge in [0, 0.05) is 24.5 Å². The highest BCUT2D eigenvalue weighted by Crippen LogP contribution is 2.04. The number of aryl methyl sites for hydroxylation is 2. The van der Waals surface area contributed by atoms with Gasteiger partial charge in [0.2, 0.25) is 0 Å². The van der Waals surface area contributed by atoms with E-state index < -0.39 is 0 Å². The summed E-state index contributed by atoms with van der Waals surface area (Å²) in [6.45, 7) is 5.46. The van der Waals surface area contributed by atoms with Crippen molar-refractivity contribution in [3.63, 3.8) is 0 Å². The lowest BCUT2D eigenvalue weighted by molar-refractivity contribution is 0.283. The van der Waals surface area contributed by atoms with Crippen LogP contribution in [0, 0.1) is 13.8 Å². The van der Waals surface area contributed by atoms with E-state index in [-0.39, 0.29) is 0 Å². The first kappa shape index (κ1) is 11.1. The lowest BCUT2D eigenvalue weighted by Crippen LogP contribution is -2.18. The molecule has 0 fully saturated rings. The van der Waals surface area contributed by atoms with Gasteiger partial charge in [0.1, 0.15) is 0 Å². The van der Waals surface area contributed by atoms with Gasteiger partial charge in [-0.1, -0.05) is 0 Å². The number of aliphatic hydroxyl groups is 1. The number of rotatable bonds is 6. The molecule has 0 spiro atoms. The van der Waals surface area contributed by atoms with E-state index in [0.29, 0.717) is 6.61 Å². The Hall–Kier alpha value is -0.960. The molecule has 0 unspecified atom stereocenters.